The van der Waals surface area contributed by atoms with Crippen LogP contribution in [0.15, 0.2) is 30.3 Å². The smallest absolute Gasteiger partial charge is 0.119 e. The van der Waals surface area contributed by atoms with Gasteiger partial charge in [0, 0.05) is 12.6 Å². The Morgan fingerprint density at radius 3 is 2.89 bits per heavy atom. The van der Waals surface area contributed by atoms with Crippen molar-refractivity contribution in [3.63, 3.8) is 0 Å². The van der Waals surface area contributed by atoms with Crippen LogP contribution in [-0.2, 0) is 9.47 Å². The second kappa shape index (κ2) is 7.36. The fourth-order valence-electron chi connectivity index (χ4n) is 2.08. The summed E-state index contributed by atoms with van der Waals surface area (Å²) in [7, 11) is 1.97. The molecule has 1 aromatic rings. The van der Waals surface area contributed by atoms with Crippen molar-refractivity contribution in [2.75, 3.05) is 33.5 Å². The number of likely N-dealkylation sites (N-methyl/N-ethyl adjacent to an activating group) is 1. The largest absolute Gasteiger partial charge is 0.491 e. The van der Waals surface area contributed by atoms with Gasteiger partial charge in [0.2, 0.25) is 0 Å². The van der Waals surface area contributed by atoms with Gasteiger partial charge in [-0.05, 0) is 25.6 Å². The first-order chi connectivity index (χ1) is 8.90. The Hall–Kier alpha value is -1.10. The summed E-state index contributed by atoms with van der Waals surface area (Å²) in [4.78, 5) is 0. The molecule has 1 aliphatic rings. The van der Waals surface area contributed by atoms with Crippen molar-refractivity contribution in [1.82, 2.24) is 5.32 Å². The molecule has 0 radical (unpaired) electrons. The Bertz CT molecular complexity index is 331. The maximum atomic E-state index is 5.80. The van der Waals surface area contributed by atoms with Crippen LogP contribution in [0, 0.1) is 0 Å². The molecule has 0 bridgehead atoms. The maximum Gasteiger partial charge on any atom is 0.119 e. The zero-order valence-electron chi connectivity index (χ0n) is 10.8. The molecule has 1 heterocycles. The van der Waals surface area contributed by atoms with Gasteiger partial charge >= 0.3 is 0 Å². The molecule has 1 saturated heterocycles. The van der Waals surface area contributed by atoms with Gasteiger partial charge < -0.3 is 19.5 Å². The fourth-order valence-corrected chi connectivity index (χ4v) is 2.08. The average Bonchev–Trinajstić information content (AvgIpc) is 2.45. The molecule has 0 amide bonds. The van der Waals surface area contributed by atoms with Gasteiger partial charge in [0.25, 0.3) is 0 Å². The first kappa shape index (κ1) is 13.3. The zero-order valence-corrected chi connectivity index (χ0v) is 10.8. The van der Waals surface area contributed by atoms with Gasteiger partial charge in [-0.3, -0.25) is 0 Å². The summed E-state index contributed by atoms with van der Waals surface area (Å²) in [5.41, 5.74) is 0. The molecule has 0 saturated carbocycles. The van der Waals surface area contributed by atoms with Crippen molar-refractivity contribution >= 4 is 0 Å². The lowest BCUT2D eigenvalue weighted by molar-refractivity contribution is -0.0726. The number of para-hydroxylation sites is 1. The van der Waals surface area contributed by atoms with Gasteiger partial charge in [-0.25, -0.2) is 0 Å². The molecule has 0 spiro atoms. The standard InChI is InChI=1S/C14H21NO3/c1-15-13-7-8-16-11-14(13)18-10-9-17-12-5-3-2-4-6-12/h2-6,13-15H,7-11H2,1H3. The lowest BCUT2D eigenvalue weighted by Crippen LogP contribution is -2.46. The third-order valence-corrected chi connectivity index (χ3v) is 3.10. The van der Waals surface area contributed by atoms with Gasteiger partial charge in [-0.2, -0.15) is 0 Å². The van der Waals surface area contributed by atoms with Crippen LogP contribution < -0.4 is 10.1 Å². The Kier molecular flexibility index (Phi) is 5.45. The van der Waals surface area contributed by atoms with E-state index in [4.69, 9.17) is 14.2 Å². The Labute approximate surface area is 108 Å². The molecular formula is C14H21NO3. The van der Waals surface area contributed by atoms with E-state index < -0.39 is 0 Å². The fraction of sp³-hybridized carbons (Fsp3) is 0.571. The van der Waals surface area contributed by atoms with Crippen molar-refractivity contribution in [3.8, 4) is 5.75 Å². The normalized spacial score (nSPS) is 23.8. The number of hydrogen-bond donors (Lipinski definition) is 1. The molecule has 2 atom stereocenters. The van der Waals surface area contributed by atoms with E-state index in [0.29, 0.717) is 25.9 Å². The van der Waals surface area contributed by atoms with Gasteiger partial charge in [0.05, 0.1) is 19.3 Å². The molecule has 0 aliphatic carbocycles. The zero-order chi connectivity index (χ0) is 12.6. The summed E-state index contributed by atoms with van der Waals surface area (Å²) in [5, 5.41) is 3.27. The lowest BCUT2D eigenvalue weighted by atomic mass is 10.1. The van der Waals surface area contributed by atoms with Crippen LogP contribution in [0.4, 0.5) is 0 Å². The minimum absolute atomic E-state index is 0.128. The molecule has 4 nitrogen and oxygen atoms in total. The number of nitrogens with one attached hydrogen (secondary N) is 1. The molecule has 1 aromatic carbocycles. The summed E-state index contributed by atoms with van der Waals surface area (Å²) in [6.45, 7) is 2.63. The van der Waals surface area contributed by atoms with Gasteiger partial charge in [-0.1, -0.05) is 18.2 Å². The maximum absolute atomic E-state index is 5.80. The first-order valence-corrected chi connectivity index (χ1v) is 6.44. The predicted molar refractivity (Wildman–Crippen MR) is 70.0 cm³/mol. The van der Waals surface area contributed by atoms with Crippen molar-refractivity contribution in [2.45, 2.75) is 18.6 Å². The van der Waals surface area contributed by atoms with E-state index in [9.17, 15) is 0 Å². The molecule has 2 unspecified atom stereocenters. The van der Waals surface area contributed by atoms with Crippen LogP contribution in [0.3, 0.4) is 0 Å². The predicted octanol–water partition coefficient (Wildman–Crippen LogP) is 1.46. The van der Waals surface area contributed by atoms with E-state index >= 15 is 0 Å². The molecular weight excluding hydrogens is 230 g/mol. The Morgan fingerprint density at radius 2 is 2.11 bits per heavy atom. The molecule has 1 aliphatic heterocycles. The monoisotopic (exact) mass is 251 g/mol. The quantitative estimate of drug-likeness (QED) is 0.777. The third kappa shape index (κ3) is 3.98. The van der Waals surface area contributed by atoms with Crippen molar-refractivity contribution in [3.05, 3.63) is 30.3 Å². The molecule has 2 rings (SSSR count). The van der Waals surface area contributed by atoms with Crippen molar-refractivity contribution in [2.24, 2.45) is 0 Å². The Balaban J connectivity index is 1.65. The molecule has 4 heteroatoms. The van der Waals surface area contributed by atoms with E-state index in [1.807, 2.05) is 37.4 Å². The lowest BCUT2D eigenvalue weighted by Gasteiger charge is -2.31. The van der Waals surface area contributed by atoms with Gasteiger partial charge in [-0.15, -0.1) is 0 Å². The number of ether oxygens (including phenoxy) is 3. The minimum Gasteiger partial charge on any atom is -0.491 e. The number of hydrogen-bond acceptors (Lipinski definition) is 4. The summed E-state index contributed by atoms with van der Waals surface area (Å²) in [5.74, 6) is 0.881. The van der Waals surface area contributed by atoms with Crippen LogP contribution in [0.2, 0.25) is 0 Å². The van der Waals surface area contributed by atoms with Crippen molar-refractivity contribution in [1.29, 1.82) is 0 Å². The van der Waals surface area contributed by atoms with Crippen LogP contribution in [0.25, 0.3) is 0 Å². The van der Waals surface area contributed by atoms with Crippen molar-refractivity contribution < 1.29 is 14.2 Å². The number of rotatable bonds is 6. The van der Waals surface area contributed by atoms with E-state index in [-0.39, 0.29) is 6.10 Å². The summed E-state index contributed by atoms with van der Waals surface area (Å²) < 4.78 is 16.8. The minimum atomic E-state index is 0.128. The van der Waals surface area contributed by atoms with E-state index in [0.717, 1.165) is 18.8 Å². The van der Waals surface area contributed by atoms with Crippen LogP contribution in [0.5, 0.6) is 5.75 Å². The van der Waals surface area contributed by atoms with Gasteiger partial charge in [0.1, 0.15) is 12.4 Å². The second-order valence-electron chi connectivity index (χ2n) is 4.33. The molecule has 1 N–H and O–H groups in total. The second-order valence-corrected chi connectivity index (χ2v) is 4.33. The van der Waals surface area contributed by atoms with Gasteiger partial charge in [0.15, 0.2) is 0 Å². The number of benzene rings is 1. The molecule has 0 aromatic heterocycles. The van der Waals surface area contributed by atoms with Crippen LogP contribution >= 0.6 is 0 Å². The van der Waals surface area contributed by atoms with Crippen LogP contribution in [-0.4, -0.2) is 45.6 Å². The third-order valence-electron chi connectivity index (χ3n) is 3.10. The average molecular weight is 251 g/mol. The highest BCUT2D eigenvalue weighted by molar-refractivity contribution is 5.20. The SMILES string of the molecule is CNC1CCOCC1OCCOc1ccccc1. The summed E-state index contributed by atoms with van der Waals surface area (Å²) in [6, 6.07) is 10.2. The Morgan fingerprint density at radius 1 is 1.28 bits per heavy atom. The topological polar surface area (TPSA) is 39.7 Å². The first-order valence-electron chi connectivity index (χ1n) is 6.44. The highest BCUT2D eigenvalue weighted by Crippen LogP contribution is 2.12. The van der Waals surface area contributed by atoms with E-state index in [1.54, 1.807) is 0 Å². The van der Waals surface area contributed by atoms with E-state index in [1.165, 1.54) is 0 Å². The molecule has 1 fully saturated rings. The highest BCUT2D eigenvalue weighted by Gasteiger charge is 2.24. The summed E-state index contributed by atoms with van der Waals surface area (Å²) in [6.07, 6.45) is 1.13. The summed E-state index contributed by atoms with van der Waals surface area (Å²) >= 11 is 0. The van der Waals surface area contributed by atoms with E-state index in [2.05, 4.69) is 5.32 Å². The molecule has 100 valence electrons. The van der Waals surface area contributed by atoms with Crippen LogP contribution in [0.1, 0.15) is 6.42 Å². The molecule has 18 heavy (non-hydrogen) atoms. The highest BCUT2D eigenvalue weighted by atomic mass is 16.6.